The third-order valence-electron chi connectivity index (χ3n) is 3.49. The van der Waals surface area contributed by atoms with Crippen molar-refractivity contribution < 1.29 is 9.53 Å². The monoisotopic (exact) mass is 304 g/mol. The SMILES string of the molecule is COC(=O)c1cc(N(C)CCc2cccs2)cc(C)c1N. The van der Waals surface area contributed by atoms with Gasteiger partial charge in [0.05, 0.1) is 12.7 Å². The molecule has 0 fully saturated rings. The van der Waals surface area contributed by atoms with Gasteiger partial charge in [-0.05, 0) is 42.5 Å². The van der Waals surface area contributed by atoms with Gasteiger partial charge in [0, 0.05) is 29.8 Å². The smallest absolute Gasteiger partial charge is 0.340 e. The number of thiophene rings is 1. The minimum atomic E-state index is -0.399. The minimum Gasteiger partial charge on any atom is -0.465 e. The zero-order valence-electron chi connectivity index (χ0n) is 12.6. The van der Waals surface area contributed by atoms with Crippen molar-refractivity contribution in [2.45, 2.75) is 13.3 Å². The second-order valence-corrected chi connectivity index (χ2v) is 6.00. The van der Waals surface area contributed by atoms with Crippen molar-refractivity contribution in [2.24, 2.45) is 0 Å². The standard InChI is InChI=1S/C16H20N2O2S/c1-11-9-12(10-14(15(11)17)16(19)20-3)18(2)7-6-13-5-4-8-21-13/h4-5,8-10H,6-7,17H2,1-3H3. The molecule has 0 radical (unpaired) electrons. The van der Waals surface area contributed by atoms with E-state index in [2.05, 4.69) is 22.4 Å². The van der Waals surface area contributed by atoms with E-state index in [-0.39, 0.29) is 0 Å². The Labute approximate surface area is 129 Å². The van der Waals surface area contributed by atoms with E-state index in [0.717, 1.165) is 24.2 Å². The van der Waals surface area contributed by atoms with Crippen molar-refractivity contribution in [1.29, 1.82) is 0 Å². The zero-order valence-corrected chi connectivity index (χ0v) is 13.4. The van der Waals surface area contributed by atoms with Gasteiger partial charge in [-0.3, -0.25) is 0 Å². The molecule has 0 saturated carbocycles. The lowest BCUT2D eigenvalue weighted by molar-refractivity contribution is 0.0602. The van der Waals surface area contributed by atoms with Gasteiger partial charge in [-0.2, -0.15) is 0 Å². The summed E-state index contributed by atoms with van der Waals surface area (Å²) in [6.45, 7) is 2.78. The molecule has 0 amide bonds. The van der Waals surface area contributed by atoms with Crippen LogP contribution in [0.4, 0.5) is 11.4 Å². The molecule has 2 aromatic rings. The normalized spacial score (nSPS) is 10.4. The summed E-state index contributed by atoms with van der Waals surface area (Å²) in [6.07, 6.45) is 0.977. The molecule has 2 N–H and O–H groups in total. The summed E-state index contributed by atoms with van der Waals surface area (Å²) in [7, 11) is 3.38. The van der Waals surface area contributed by atoms with E-state index in [9.17, 15) is 4.79 Å². The second-order valence-electron chi connectivity index (χ2n) is 4.97. The number of benzene rings is 1. The van der Waals surface area contributed by atoms with Gasteiger partial charge >= 0.3 is 5.97 Å². The zero-order chi connectivity index (χ0) is 15.4. The molecule has 112 valence electrons. The van der Waals surface area contributed by atoms with Gasteiger partial charge in [-0.1, -0.05) is 6.07 Å². The van der Waals surface area contributed by atoms with E-state index < -0.39 is 5.97 Å². The summed E-state index contributed by atoms with van der Waals surface area (Å²) in [6, 6.07) is 7.98. The van der Waals surface area contributed by atoms with Crippen molar-refractivity contribution in [3.8, 4) is 0 Å². The Bertz CT molecular complexity index is 623. The Morgan fingerprint density at radius 3 is 2.81 bits per heavy atom. The maximum absolute atomic E-state index is 11.8. The first-order valence-electron chi connectivity index (χ1n) is 6.75. The number of nitrogens with zero attached hydrogens (tertiary/aromatic N) is 1. The number of ether oxygens (including phenoxy) is 1. The van der Waals surface area contributed by atoms with Crippen molar-refractivity contribution in [3.63, 3.8) is 0 Å². The summed E-state index contributed by atoms with van der Waals surface area (Å²) in [5.41, 5.74) is 8.73. The number of methoxy groups -OCH3 is 1. The number of likely N-dealkylation sites (N-methyl/N-ethyl adjacent to an activating group) is 1. The predicted molar refractivity (Wildman–Crippen MR) is 88.2 cm³/mol. The number of rotatable bonds is 5. The van der Waals surface area contributed by atoms with Crippen LogP contribution in [-0.4, -0.2) is 26.7 Å². The van der Waals surface area contributed by atoms with E-state index >= 15 is 0 Å². The van der Waals surface area contributed by atoms with E-state index in [4.69, 9.17) is 10.5 Å². The molecule has 5 heteroatoms. The molecular formula is C16H20N2O2S. The quantitative estimate of drug-likeness (QED) is 0.681. The number of aryl methyl sites for hydroxylation is 1. The van der Waals surface area contributed by atoms with Crippen LogP contribution in [0, 0.1) is 6.92 Å². The van der Waals surface area contributed by atoms with Crippen molar-refractivity contribution in [2.75, 3.05) is 31.3 Å². The van der Waals surface area contributed by atoms with Gasteiger partial charge in [0.2, 0.25) is 0 Å². The van der Waals surface area contributed by atoms with Crippen LogP contribution in [-0.2, 0) is 11.2 Å². The van der Waals surface area contributed by atoms with Crippen LogP contribution in [0.2, 0.25) is 0 Å². The highest BCUT2D eigenvalue weighted by molar-refractivity contribution is 7.09. The first-order chi connectivity index (χ1) is 10.0. The Morgan fingerprint density at radius 1 is 1.43 bits per heavy atom. The fraction of sp³-hybridized carbons (Fsp3) is 0.312. The number of carbonyl (C=O) groups is 1. The molecule has 2 rings (SSSR count). The molecule has 21 heavy (non-hydrogen) atoms. The molecule has 0 unspecified atom stereocenters. The van der Waals surface area contributed by atoms with E-state index in [1.165, 1.54) is 12.0 Å². The highest BCUT2D eigenvalue weighted by Gasteiger charge is 2.15. The highest BCUT2D eigenvalue weighted by atomic mass is 32.1. The van der Waals surface area contributed by atoms with Gasteiger partial charge in [0.25, 0.3) is 0 Å². The molecule has 0 bridgehead atoms. The summed E-state index contributed by atoms with van der Waals surface area (Å²) < 4.78 is 4.79. The van der Waals surface area contributed by atoms with E-state index in [1.54, 1.807) is 17.4 Å². The van der Waals surface area contributed by atoms with Gasteiger partial charge in [0.1, 0.15) is 0 Å². The van der Waals surface area contributed by atoms with E-state index in [0.29, 0.717) is 11.3 Å². The topological polar surface area (TPSA) is 55.6 Å². The summed E-state index contributed by atoms with van der Waals surface area (Å²) in [5.74, 6) is -0.399. The minimum absolute atomic E-state index is 0.399. The molecule has 0 aliphatic heterocycles. The first-order valence-corrected chi connectivity index (χ1v) is 7.63. The number of anilines is 2. The van der Waals surface area contributed by atoms with Crippen LogP contribution in [0.15, 0.2) is 29.6 Å². The average Bonchev–Trinajstić information content (AvgIpc) is 3.00. The lowest BCUT2D eigenvalue weighted by Crippen LogP contribution is -2.21. The van der Waals surface area contributed by atoms with Crippen LogP contribution in [0.25, 0.3) is 0 Å². The molecule has 0 aliphatic rings. The predicted octanol–water partition coefficient (Wildman–Crippen LogP) is 3.10. The average molecular weight is 304 g/mol. The fourth-order valence-corrected chi connectivity index (χ4v) is 2.84. The number of nitrogens with two attached hydrogens (primary N) is 1. The van der Waals surface area contributed by atoms with Crippen molar-refractivity contribution in [3.05, 3.63) is 45.6 Å². The Hall–Kier alpha value is -2.01. The van der Waals surface area contributed by atoms with E-state index in [1.807, 2.05) is 20.0 Å². The Morgan fingerprint density at radius 2 is 2.19 bits per heavy atom. The maximum Gasteiger partial charge on any atom is 0.340 e. The van der Waals surface area contributed by atoms with Crippen LogP contribution in [0.1, 0.15) is 20.8 Å². The number of hydrogen-bond donors (Lipinski definition) is 1. The lowest BCUT2D eigenvalue weighted by Gasteiger charge is -2.21. The highest BCUT2D eigenvalue weighted by Crippen LogP contribution is 2.26. The number of esters is 1. The fourth-order valence-electron chi connectivity index (χ4n) is 2.14. The number of nitrogen functional groups attached to an aromatic ring is 1. The summed E-state index contributed by atoms with van der Waals surface area (Å²) >= 11 is 1.76. The van der Waals surface area contributed by atoms with Gasteiger partial charge in [-0.15, -0.1) is 11.3 Å². The molecule has 0 saturated heterocycles. The second kappa shape index (κ2) is 6.63. The molecule has 0 aliphatic carbocycles. The molecule has 0 atom stereocenters. The number of carbonyl (C=O) groups excluding carboxylic acids is 1. The third kappa shape index (κ3) is 3.55. The molecule has 4 nitrogen and oxygen atoms in total. The van der Waals surface area contributed by atoms with Crippen LogP contribution >= 0.6 is 11.3 Å². The molecule has 1 aromatic carbocycles. The third-order valence-corrected chi connectivity index (χ3v) is 4.43. The van der Waals surface area contributed by atoms with Crippen molar-refractivity contribution in [1.82, 2.24) is 0 Å². The van der Waals surface area contributed by atoms with Gasteiger partial charge in [0.15, 0.2) is 0 Å². The molecule has 1 heterocycles. The summed E-state index contributed by atoms with van der Waals surface area (Å²) in [4.78, 5) is 15.3. The molecule has 1 aromatic heterocycles. The first kappa shape index (κ1) is 15.4. The van der Waals surface area contributed by atoms with Gasteiger partial charge in [-0.25, -0.2) is 4.79 Å². The summed E-state index contributed by atoms with van der Waals surface area (Å²) in [5, 5.41) is 2.08. The number of hydrogen-bond acceptors (Lipinski definition) is 5. The Balaban J connectivity index is 2.18. The molecule has 0 spiro atoms. The maximum atomic E-state index is 11.8. The molecular weight excluding hydrogens is 284 g/mol. The van der Waals surface area contributed by atoms with Crippen molar-refractivity contribution >= 4 is 28.7 Å². The largest absolute Gasteiger partial charge is 0.465 e. The Kier molecular flexibility index (Phi) is 4.85. The van der Waals surface area contributed by atoms with Crippen LogP contribution in [0.5, 0.6) is 0 Å². The van der Waals surface area contributed by atoms with Crippen LogP contribution in [0.3, 0.4) is 0 Å². The lowest BCUT2D eigenvalue weighted by atomic mass is 10.1. The van der Waals surface area contributed by atoms with Crippen LogP contribution < -0.4 is 10.6 Å². The van der Waals surface area contributed by atoms with Gasteiger partial charge < -0.3 is 15.4 Å².